The monoisotopic (exact) mass is 362 g/mol. The van der Waals surface area contributed by atoms with Gasteiger partial charge in [-0.15, -0.1) is 0 Å². The Morgan fingerprint density at radius 1 is 0.760 bits per heavy atom. The summed E-state index contributed by atoms with van der Waals surface area (Å²) >= 11 is 0. The van der Waals surface area contributed by atoms with E-state index in [0.717, 1.165) is 38.5 Å². The van der Waals surface area contributed by atoms with Crippen LogP contribution in [0.4, 0.5) is 0 Å². The van der Waals surface area contributed by atoms with Crippen LogP contribution in [0.1, 0.15) is 59.3 Å². The van der Waals surface area contributed by atoms with Gasteiger partial charge in [-0.2, -0.15) is 0 Å². The average molecular weight is 363 g/mol. The first-order chi connectivity index (χ1) is 12.2. The summed E-state index contributed by atoms with van der Waals surface area (Å²) in [5, 5.41) is 10.4. The van der Waals surface area contributed by atoms with Crippen molar-refractivity contribution in [3.63, 3.8) is 0 Å². The zero-order valence-electron chi connectivity index (χ0n) is 16.4. The van der Waals surface area contributed by atoms with Crippen molar-refractivity contribution >= 4 is 0 Å². The minimum Gasteiger partial charge on any atom is -0.382 e. The van der Waals surface area contributed by atoms with Crippen molar-refractivity contribution in [2.24, 2.45) is 0 Å². The summed E-state index contributed by atoms with van der Waals surface area (Å²) < 4.78 is 29.1. The first-order valence-corrected chi connectivity index (χ1v) is 9.86. The Kier molecular flexibility index (Phi) is 12.7. The summed E-state index contributed by atoms with van der Waals surface area (Å²) in [7, 11) is 1.62. The van der Waals surface area contributed by atoms with Crippen LogP contribution in [0, 0.1) is 0 Å². The van der Waals surface area contributed by atoms with E-state index in [1.807, 2.05) is 0 Å². The topological polar surface area (TPSA) is 66.4 Å². The number of aliphatic hydroxyl groups is 1. The van der Waals surface area contributed by atoms with E-state index in [-0.39, 0.29) is 18.3 Å². The molecule has 0 amide bonds. The lowest BCUT2D eigenvalue weighted by molar-refractivity contribution is -0.311. The van der Waals surface area contributed by atoms with Crippen LogP contribution in [-0.2, 0) is 23.7 Å². The Labute approximate surface area is 153 Å². The number of aliphatic hydroxyl groups excluding tert-OH is 1. The fourth-order valence-corrected chi connectivity index (χ4v) is 2.85. The van der Waals surface area contributed by atoms with Crippen molar-refractivity contribution < 1.29 is 28.8 Å². The van der Waals surface area contributed by atoms with Gasteiger partial charge in [-0.1, -0.05) is 40.0 Å². The molecule has 5 unspecified atom stereocenters. The van der Waals surface area contributed by atoms with Gasteiger partial charge in [0.05, 0.1) is 6.61 Å². The maximum Gasteiger partial charge on any atom is 0.184 e. The van der Waals surface area contributed by atoms with Crippen LogP contribution in [0.5, 0.6) is 0 Å². The molecule has 150 valence electrons. The van der Waals surface area contributed by atoms with Gasteiger partial charge >= 0.3 is 0 Å². The molecular formula is C19H38O6. The molecule has 6 nitrogen and oxygen atoms in total. The highest BCUT2D eigenvalue weighted by Gasteiger charge is 2.47. The second-order valence-electron chi connectivity index (χ2n) is 6.59. The van der Waals surface area contributed by atoms with E-state index in [1.165, 1.54) is 0 Å². The van der Waals surface area contributed by atoms with Gasteiger partial charge in [0.25, 0.3) is 0 Å². The third-order valence-corrected chi connectivity index (χ3v) is 4.36. The zero-order valence-corrected chi connectivity index (χ0v) is 16.4. The van der Waals surface area contributed by atoms with E-state index in [9.17, 15) is 5.11 Å². The number of rotatable bonds is 14. The maximum atomic E-state index is 10.4. The Morgan fingerprint density at radius 2 is 1.24 bits per heavy atom. The molecule has 1 fully saturated rings. The first-order valence-electron chi connectivity index (χ1n) is 9.86. The highest BCUT2D eigenvalue weighted by atomic mass is 16.7. The molecule has 0 saturated carbocycles. The van der Waals surface area contributed by atoms with E-state index < -0.39 is 12.4 Å². The van der Waals surface area contributed by atoms with E-state index >= 15 is 0 Å². The number of hydrogen-bond donors (Lipinski definition) is 1. The van der Waals surface area contributed by atoms with Gasteiger partial charge in [-0.25, -0.2) is 0 Å². The van der Waals surface area contributed by atoms with E-state index in [2.05, 4.69) is 20.8 Å². The summed E-state index contributed by atoms with van der Waals surface area (Å²) in [6, 6.07) is 0. The molecule has 0 aromatic carbocycles. The highest BCUT2D eigenvalue weighted by Crippen LogP contribution is 2.28. The Morgan fingerprint density at radius 3 is 1.72 bits per heavy atom. The predicted octanol–water partition coefficient (Wildman–Crippen LogP) is 2.91. The van der Waals surface area contributed by atoms with Gasteiger partial charge in [-0.05, 0) is 19.3 Å². The molecule has 0 aromatic heterocycles. The molecule has 25 heavy (non-hydrogen) atoms. The summed E-state index contributed by atoms with van der Waals surface area (Å²) in [5.41, 5.74) is 0. The molecule has 1 aliphatic heterocycles. The quantitative estimate of drug-likeness (QED) is 0.479. The predicted molar refractivity (Wildman–Crippen MR) is 96.7 cm³/mol. The minimum absolute atomic E-state index is 0.307. The third kappa shape index (κ3) is 7.89. The second-order valence-corrected chi connectivity index (χ2v) is 6.59. The van der Waals surface area contributed by atoms with Crippen molar-refractivity contribution in [1.82, 2.24) is 0 Å². The standard InChI is InChI=1S/C19H38O6/c1-5-8-11-22-16-15(14-21-4)25-19(20)18(24-13-10-7-3)17(16)23-12-9-6-2/h15-20H,5-14H2,1-4H3. The average Bonchev–Trinajstić information content (AvgIpc) is 2.60. The Hall–Kier alpha value is -0.240. The molecule has 5 atom stereocenters. The molecule has 1 saturated heterocycles. The highest BCUT2D eigenvalue weighted by molar-refractivity contribution is 4.92. The van der Waals surface area contributed by atoms with Crippen LogP contribution in [-0.4, -0.2) is 69.3 Å². The lowest BCUT2D eigenvalue weighted by atomic mass is 9.98. The van der Waals surface area contributed by atoms with Crippen molar-refractivity contribution in [3.05, 3.63) is 0 Å². The van der Waals surface area contributed by atoms with Crippen molar-refractivity contribution in [1.29, 1.82) is 0 Å². The maximum absolute atomic E-state index is 10.4. The number of ether oxygens (including phenoxy) is 5. The molecule has 0 aliphatic carbocycles. The van der Waals surface area contributed by atoms with Crippen LogP contribution in [0.15, 0.2) is 0 Å². The van der Waals surface area contributed by atoms with Gasteiger partial charge in [0.1, 0.15) is 24.4 Å². The fraction of sp³-hybridized carbons (Fsp3) is 1.00. The van der Waals surface area contributed by atoms with Crippen LogP contribution >= 0.6 is 0 Å². The number of methoxy groups -OCH3 is 1. The zero-order chi connectivity index (χ0) is 18.5. The number of unbranched alkanes of at least 4 members (excludes halogenated alkanes) is 3. The first kappa shape index (κ1) is 22.8. The Balaban J connectivity index is 2.84. The molecule has 0 aromatic rings. The smallest absolute Gasteiger partial charge is 0.184 e. The molecule has 6 heteroatoms. The summed E-state index contributed by atoms with van der Waals surface area (Å²) in [6.45, 7) is 8.54. The van der Waals surface area contributed by atoms with E-state index in [0.29, 0.717) is 26.4 Å². The van der Waals surface area contributed by atoms with Crippen LogP contribution < -0.4 is 0 Å². The SMILES string of the molecule is CCCCOC1C(O)OC(COC)C(OCCCC)C1OCCCC. The third-order valence-electron chi connectivity index (χ3n) is 4.36. The summed E-state index contributed by atoms with van der Waals surface area (Å²) in [5.74, 6) is 0. The van der Waals surface area contributed by atoms with Gasteiger partial charge in [-0.3, -0.25) is 0 Å². The van der Waals surface area contributed by atoms with E-state index in [1.54, 1.807) is 7.11 Å². The van der Waals surface area contributed by atoms with Gasteiger partial charge in [0, 0.05) is 26.9 Å². The lowest BCUT2D eigenvalue weighted by Crippen LogP contribution is -2.61. The molecule has 1 N–H and O–H groups in total. The van der Waals surface area contributed by atoms with E-state index in [4.69, 9.17) is 23.7 Å². The summed E-state index contributed by atoms with van der Waals surface area (Å²) in [4.78, 5) is 0. The normalized spacial score (nSPS) is 29.9. The van der Waals surface area contributed by atoms with Crippen molar-refractivity contribution in [3.8, 4) is 0 Å². The summed E-state index contributed by atoms with van der Waals surface area (Å²) in [6.07, 6.45) is 3.42. The lowest BCUT2D eigenvalue weighted by Gasteiger charge is -2.44. The van der Waals surface area contributed by atoms with Crippen LogP contribution in [0.2, 0.25) is 0 Å². The molecule has 1 rings (SSSR count). The molecule has 0 radical (unpaired) electrons. The molecule has 1 heterocycles. The molecule has 1 aliphatic rings. The number of hydrogen-bond acceptors (Lipinski definition) is 6. The fourth-order valence-electron chi connectivity index (χ4n) is 2.85. The van der Waals surface area contributed by atoms with Gasteiger partial charge in [0.2, 0.25) is 0 Å². The van der Waals surface area contributed by atoms with Crippen molar-refractivity contribution in [2.75, 3.05) is 33.5 Å². The van der Waals surface area contributed by atoms with Crippen molar-refractivity contribution in [2.45, 2.75) is 90.0 Å². The van der Waals surface area contributed by atoms with Gasteiger partial charge < -0.3 is 28.8 Å². The Bertz CT molecular complexity index is 314. The minimum atomic E-state index is -1.03. The largest absolute Gasteiger partial charge is 0.382 e. The second kappa shape index (κ2) is 13.9. The molecule has 0 bridgehead atoms. The molecular weight excluding hydrogens is 324 g/mol. The van der Waals surface area contributed by atoms with Gasteiger partial charge in [0.15, 0.2) is 6.29 Å². The van der Waals surface area contributed by atoms with Crippen LogP contribution in [0.25, 0.3) is 0 Å². The van der Waals surface area contributed by atoms with Crippen LogP contribution in [0.3, 0.4) is 0 Å². The molecule has 0 spiro atoms.